The van der Waals surface area contributed by atoms with Gasteiger partial charge in [-0.2, -0.15) is 4.98 Å². The smallest absolute Gasteiger partial charge is 0.223 e. The third-order valence-electron chi connectivity index (χ3n) is 3.77. The van der Waals surface area contributed by atoms with E-state index in [4.69, 9.17) is 11.6 Å². The van der Waals surface area contributed by atoms with E-state index in [0.717, 1.165) is 27.0 Å². The predicted molar refractivity (Wildman–Crippen MR) is 113 cm³/mol. The zero-order valence-corrected chi connectivity index (χ0v) is 16.8. The summed E-state index contributed by atoms with van der Waals surface area (Å²) in [5.41, 5.74) is 4.27. The molecule has 0 aliphatic carbocycles. The van der Waals surface area contributed by atoms with E-state index in [9.17, 15) is 0 Å². The van der Waals surface area contributed by atoms with Crippen molar-refractivity contribution in [1.82, 2.24) is 20.2 Å². The first kappa shape index (κ1) is 18.0. The molecule has 0 bridgehead atoms. The molecule has 0 spiro atoms. The van der Waals surface area contributed by atoms with Crippen LogP contribution in [0.5, 0.6) is 0 Å². The van der Waals surface area contributed by atoms with Crippen LogP contribution in [0.1, 0.15) is 11.3 Å². The maximum absolute atomic E-state index is 5.94. The second-order valence-corrected chi connectivity index (χ2v) is 8.13. The van der Waals surface area contributed by atoms with Crippen LogP contribution >= 0.6 is 34.7 Å². The van der Waals surface area contributed by atoms with E-state index in [0.29, 0.717) is 16.9 Å². The van der Waals surface area contributed by atoms with Crippen molar-refractivity contribution in [2.45, 2.75) is 17.8 Å². The van der Waals surface area contributed by atoms with Crippen LogP contribution < -0.4 is 5.32 Å². The number of anilines is 2. The Hall–Kier alpha value is -2.35. The highest BCUT2D eigenvalue weighted by Crippen LogP contribution is 2.28. The maximum atomic E-state index is 5.94. The summed E-state index contributed by atoms with van der Waals surface area (Å²) in [4.78, 5) is 9.15. The van der Waals surface area contributed by atoms with Crippen molar-refractivity contribution < 1.29 is 0 Å². The summed E-state index contributed by atoms with van der Waals surface area (Å²) in [6, 6.07) is 15.8. The van der Waals surface area contributed by atoms with E-state index >= 15 is 0 Å². The normalized spacial score (nSPS) is 10.9. The van der Waals surface area contributed by atoms with Crippen LogP contribution in [-0.2, 0) is 5.75 Å². The molecule has 136 valence electrons. The van der Waals surface area contributed by atoms with E-state index < -0.39 is 0 Å². The van der Waals surface area contributed by atoms with Gasteiger partial charge in [0.15, 0.2) is 0 Å². The lowest BCUT2D eigenvalue weighted by Gasteiger charge is -2.01. The van der Waals surface area contributed by atoms with Gasteiger partial charge in [-0.25, -0.2) is 10.1 Å². The number of thioether (sulfide) groups is 1. The minimum atomic E-state index is 0.626. The van der Waals surface area contributed by atoms with E-state index in [-0.39, 0.29) is 0 Å². The number of nitrogens with zero attached hydrogens (tertiary/aromatic N) is 3. The van der Waals surface area contributed by atoms with Gasteiger partial charge in [0.25, 0.3) is 0 Å². The fraction of sp³-hybridized carbons (Fsp3) is 0.105. The van der Waals surface area contributed by atoms with Crippen molar-refractivity contribution in [3.63, 3.8) is 0 Å². The quantitative estimate of drug-likeness (QED) is 0.383. The van der Waals surface area contributed by atoms with Crippen LogP contribution in [0.25, 0.3) is 10.6 Å². The molecule has 0 radical (unpaired) electrons. The number of aryl methyl sites for hydroxylation is 1. The standard InChI is InChI=1S/C19H16ClN5S2/c1-12-2-8-15(9-3-12)22-18-23-19(25-24-18)27-11-16-10-26-17(21-16)13-4-6-14(20)7-5-13/h2-10H,11H2,1H3,(H2,22,23,24,25). The van der Waals surface area contributed by atoms with Gasteiger partial charge in [0.2, 0.25) is 11.1 Å². The molecule has 2 N–H and O–H groups in total. The first-order valence-corrected chi connectivity index (χ1v) is 10.5. The van der Waals surface area contributed by atoms with Gasteiger partial charge < -0.3 is 5.32 Å². The lowest BCUT2D eigenvalue weighted by Crippen LogP contribution is -1.92. The number of benzene rings is 2. The number of rotatable bonds is 6. The molecule has 0 fully saturated rings. The average molecular weight is 414 g/mol. The van der Waals surface area contributed by atoms with Crippen molar-refractivity contribution in [2.24, 2.45) is 0 Å². The lowest BCUT2D eigenvalue weighted by atomic mass is 10.2. The van der Waals surface area contributed by atoms with E-state index in [2.05, 4.69) is 49.9 Å². The third kappa shape index (κ3) is 4.68. The van der Waals surface area contributed by atoms with Crippen molar-refractivity contribution >= 4 is 46.3 Å². The number of aromatic amines is 1. The number of H-pyrrole nitrogens is 1. The number of thiazole rings is 1. The Balaban J connectivity index is 1.36. The van der Waals surface area contributed by atoms with Gasteiger partial charge in [-0.3, -0.25) is 0 Å². The molecule has 0 aliphatic heterocycles. The maximum Gasteiger partial charge on any atom is 0.223 e. The first-order chi connectivity index (χ1) is 13.2. The highest BCUT2D eigenvalue weighted by atomic mass is 35.5. The Morgan fingerprint density at radius 1 is 1.07 bits per heavy atom. The summed E-state index contributed by atoms with van der Waals surface area (Å²) in [5, 5.41) is 14.8. The second-order valence-electron chi connectivity index (χ2n) is 5.90. The van der Waals surface area contributed by atoms with E-state index in [1.54, 1.807) is 23.1 Å². The fourth-order valence-corrected chi connectivity index (χ4v) is 4.13. The molecule has 4 aromatic rings. The van der Waals surface area contributed by atoms with Gasteiger partial charge in [-0.15, -0.1) is 16.4 Å². The molecule has 0 aliphatic rings. The molecule has 5 nitrogen and oxygen atoms in total. The van der Waals surface area contributed by atoms with Crippen molar-refractivity contribution in [1.29, 1.82) is 0 Å². The average Bonchev–Trinajstić information content (AvgIpc) is 3.32. The zero-order chi connectivity index (χ0) is 18.6. The Labute approximate surface area is 170 Å². The Kier molecular flexibility index (Phi) is 5.42. The molecular formula is C19H16ClN5S2. The SMILES string of the molecule is Cc1ccc(Nc2nc(SCc3csc(-c4ccc(Cl)cc4)n3)n[nH]2)cc1. The van der Waals surface area contributed by atoms with Crippen LogP contribution in [0.2, 0.25) is 5.02 Å². The summed E-state index contributed by atoms with van der Waals surface area (Å²) in [5.74, 6) is 1.34. The van der Waals surface area contributed by atoms with Crippen LogP contribution in [0, 0.1) is 6.92 Å². The van der Waals surface area contributed by atoms with Gasteiger partial charge in [0, 0.05) is 27.4 Å². The van der Waals surface area contributed by atoms with Crippen LogP contribution in [-0.4, -0.2) is 20.2 Å². The summed E-state index contributed by atoms with van der Waals surface area (Å²) >= 11 is 9.11. The molecule has 0 unspecified atom stereocenters. The minimum Gasteiger partial charge on any atom is -0.325 e. The van der Waals surface area contributed by atoms with Crippen molar-refractivity contribution in [3.8, 4) is 10.6 Å². The number of hydrogen-bond donors (Lipinski definition) is 2. The van der Waals surface area contributed by atoms with Gasteiger partial charge in [-0.05, 0) is 31.2 Å². The van der Waals surface area contributed by atoms with Crippen molar-refractivity contribution in [3.05, 3.63) is 70.2 Å². The molecular weight excluding hydrogens is 398 g/mol. The Bertz CT molecular complexity index is 1020. The van der Waals surface area contributed by atoms with Crippen LogP contribution in [0.4, 0.5) is 11.6 Å². The molecule has 0 atom stereocenters. The van der Waals surface area contributed by atoms with Crippen LogP contribution in [0.3, 0.4) is 0 Å². The second kappa shape index (κ2) is 8.12. The van der Waals surface area contributed by atoms with Gasteiger partial charge in [0.05, 0.1) is 5.69 Å². The monoisotopic (exact) mass is 413 g/mol. The molecule has 0 saturated carbocycles. The van der Waals surface area contributed by atoms with Gasteiger partial charge >= 0.3 is 0 Å². The molecule has 8 heteroatoms. The minimum absolute atomic E-state index is 0.626. The van der Waals surface area contributed by atoms with Crippen molar-refractivity contribution in [2.75, 3.05) is 5.32 Å². The number of hydrogen-bond acceptors (Lipinski definition) is 6. The molecule has 2 aromatic carbocycles. The van der Waals surface area contributed by atoms with Gasteiger partial charge in [-0.1, -0.05) is 53.2 Å². The van der Waals surface area contributed by atoms with Crippen LogP contribution in [0.15, 0.2) is 59.1 Å². The van der Waals surface area contributed by atoms with Gasteiger partial charge in [0.1, 0.15) is 5.01 Å². The first-order valence-electron chi connectivity index (χ1n) is 8.25. The highest BCUT2D eigenvalue weighted by Gasteiger charge is 2.08. The van der Waals surface area contributed by atoms with E-state index in [1.807, 2.05) is 36.4 Å². The largest absolute Gasteiger partial charge is 0.325 e. The molecule has 0 amide bonds. The summed E-state index contributed by atoms with van der Waals surface area (Å²) < 4.78 is 0. The molecule has 27 heavy (non-hydrogen) atoms. The number of nitrogens with one attached hydrogen (secondary N) is 2. The summed E-state index contributed by atoms with van der Waals surface area (Å²) in [6.45, 7) is 2.06. The summed E-state index contributed by atoms with van der Waals surface area (Å²) in [7, 11) is 0. The number of halogens is 1. The topological polar surface area (TPSA) is 66.5 Å². The summed E-state index contributed by atoms with van der Waals surface area (Å²) in [6.07, 6.45) is 0. The highest BCUT2D eigenvalue weighted by molar-refractivity contribution is 7.98. The Morgan fingerprint density at radius 2 is 1.85 bits per heavy atom. The lowest BCUT2D eigenvalue weighted by molar-refractivity contribution is 0.972. The molecule has 2 aromatic heterocycles. The number of aromatic nitrogens is 4. The molecule has 4 rings (SSSR count). The zero-order valence-electron chi connectivity index (χ0n) is 14.4. The fourth-order valence-electron chi connectivity index (χ4n) is 2.38. The Morgan fingerprint density at radius 3 is 2.63 bits per heavy atom. The van der Waals surface area contributed by atoms with E-state index in [1.165, 1.54) is 5.56 Å². The third-order valence-corrected chi connectivity index (χ3v) is 5.84. The molecule has 2 heterocycles. The predicted octanol–water partition coefficient (Wildman–Crippen LogP) is 5.93. The molecule has 0 saturated heterocycles.